The molecule has 0 heterocycles. The molecular weight excluding hydrogens is 260 g/mol. The minimum absolute atomic E-state index is 0.310. The molecule has 0 amide bonds. The third-order valence-corrected chi connectivity index (χ3v) is 2.68. The van der Waals surface area contributed by atoms with Crippen LogP contribution >= 0.6 is 15.9 Å². The standard InChI is InChI=1S/C11H11BrO3/c1-2-9(11(14)15)10(13)7-3-5-8(12)6-4-7/h3-6,9H,2H2,1H3,(H,14,15). The van der Waals surface area contributed by atoms with E-state index in [4.69, 9.17) is 5.11 Å². The SMILES string of the molecule is CCC(C(=O)O)C(=O)c1ccc(Br)cc1. The van der Waals surface area contributed by atoms with Crippen molar-refractivity contribution < 1.29 is 14.7 Å². The van der Waals surface area contributed by atoms with Gasteiger partial charge in [-0.25, -0.2) is 0 Å². The number of carbonyl (C=O) groups excluding carboxylic acids is 1. The molecule has 0 bridgehead atoms. The topological polar surface area (TPSA) is 54.4 Å². The minimum Gasteiger partial charge on any atom is -0.481 e. The van der Waals surface area contributed by atoms with Gasteiger partial charge in [0.05, 0.1) is 0 Å². The van der Waals surface area contributed by atoms with Gasteiger partial charge in [0.25, 0.3) is 0 Å². The molecule has 1 aromatic rings. The second kappa shape index (κ2) is 5.07. The van der Waals surface area contributed by atoms with Crippen LogP contribution in [0.25, 0.3) is 0 Å². The summed E-state index contributed by atoms with van der Waals surface area (Å²) in [5.41, 5.74) is 0.437. The summed E-state index contributed by atoms with van der Waals surface area (Å²) in [5.74, 6) is -2.34. The van der Waals surface area contributed by atoms with E-state index in [-0.39, 0.29) is 5.78 Å². The molecule has 4 heteroatoms. The van der Waals surface area contributed by atoms with E-state index in [1.54, 1.807) is 31.2 Å². The summed E-state index contributed by atoms with van der Waals surface area (Å²) in [6.07, 6.45) is 0.310. The Bertz CT molecular complexity index is 370. The summed E-state index contributed by atoms with van der Waals surface area (Å²) in [4.78, 5) is 22.5. The number of hydrogen-bond donors (Lipinski definition) is 1. The van der Waals surface area contributed by atoms with Crippen LogP contribution in [0.4, 0.5) is 0 Å². The van der Waals surface area contributed by atoms with Gasteiger partial charge in [0.1, 0.15) is 5.92 Å². The number of rotatable bonds is 4. The fourth-order valence-electron chi connectivity index (χ4n) is 1.29. The van der Waals surface area contributed by atoms with Crippen molar-refractivity contribution >= 4 is 27.7 Å². The highest BCUT2D eigenvalue weighted by atomic mass is 79.9. The highest BCUT2D eigenvalue weighted by Gasteiger charge is 2.24. The lowest BCUT2D eigenvalue weighted by Crippen LogP contribution is -2.23. The highest BCUT2D eigenvalue weighted by molar-refractivity contribution is 9.10. The second-order valence-electron chi connectivity index (χ2n) is 3.17. The summed E-state index contributed by atoms with van der Waals surface area (Å²) < 4.78 is 0.863. The first-order valence-electron chi connectivity index (χ1n) is 4.58. The third kappa shape index (κ3) is 2.89. The van der Waals surface area contributed by atoms with Crippen LogP contribution in [0.2, 0.25) is 0 Å². The van der Waals surface area contributed by atoms with E-state index in [1.165, 1.54) is 0 Å². The Morgan fingerprint density at radius 3 is 2.27 bits per heavy atom. The number of Topliss-reactive ketones (excluding diaryl/α,β-unsaturated/α-hetero) is 1. The van der Waals surface area contributed by atoms with Crippen LogP contribution in [0.1, 0.15) is 23.7 Å². The first kappa shape index (κ1) is 11.9. The first-order valence-corrected chi connectivity index (χ1v) is 5.38. The smallest absolute Gasteiger partial charge is 0.314 e. The van der Waals surface area contributed by atoms with Gasteiger partial charge in [-0.05, 0) is 18.6 Å². The Kier molecular flexibility index (Phi) is 4.03. The Morgan fingerprint density at radius 1 is 1.33 bits per heavy atom. The molecule has 80 valence electrons. The molecule has 0 saturated heterocycles. The fourth-order valence-corrected chi connectivity index (χ4v) is 1.55. The minimum atomic E-state index is -1.06. The second-order valence-corrected chi connectivity index (χ2v) is 4.09. The highest BCUT2D eigenvalue weighted by Crippen LogP contribution is 2.16. The third-order valence-electron chi connectivity index (χ3n) is 2.15. The first-order chi connectivity index (χ1) is 7.06. The van der Waals surface area contributed by atoms with Crippen LogP contribution in [0.15, 0.2) is 28.7 Å². The van der Waals surface area contributed by atoms with Gasteiger partial charge in [-0.1, -0.05) is 35.0 Å². The van der Waals surface area contributed by atoms with E-state index in [1.807, 2.05) is 0 Å². The lowest BCUT2D eigenvalue weighted by atomic mass is 9.95. The number of carboxylic acids is 1. The van der Waals surface area contributed by atoms with Crippen molar-refractivity contribution in [2.24, 2.45) is 5.92 Å². The molecule has 1 rings (SSSR count). The number of hydrogen-bond acceptors (Lipinski definition) is 2. The van der Waals surface area contributed by atoms with Gasteiger partial charge in [-0.3, -0.25) is 9.59 Å². The zero-order valence-corrected chi connectivity index (χ0v) is 9.82. The van der Waals surface area contributed by atoms with Gasteiger partial charge in [0.15, 0.2) is 5.78 Å². The van der Waals surface area contributed by atoms with Crippen molar-refractivity contribution in [2.75, 3.05) is 0 Å². The molecule has 0 saturated carbocycles. The predicted octanol–water partition coefficient (Wildman–Crippen LogP) is 2.74. The average molecular weight is 271 g/mol. The quantitative estimate of drug-likeness (QED) is 0.676. The maximum atomic E-state index is 11.7. The summed E-state index contributed by atoms with van der Waals surface area (Å²) in [6, 6.07) is 6.69. The molecule has 0 aromatic heterocycles. The number of carbonyl (C=O) groups is 2. The average Bonchev–Trinajstić information content (AvgIpc) is 2.19. The van der Waals surface area contributed by atoms with Gasteiger partial charge < -0.3 is 5.11 Å². The fraction of sp³-hybridized carbons (Fsp3) is 0.273. The summed E-state index contributed by atoms with van der Waals surface area (Å²) in [5, 5.41) is 8.83. The van der Waals surface area contributed by atoms with Crippen molar-refractivity contribution in [3.63, 3.8) is 0 Å². The molecule has 0 aliphatic carbocycles. The van der Waals surface area contributed by atoms with Crippen LogP contribution in [0.3, 0.4) is 0 Å². The van der Waals surface area contributed by atoms with E-state index in [0.29, 0.717) is 12.0 Å². The number of halogens is 1. The van der Waals surface area contributed by atoms with Gasteiger partial charge in [0, 0.05) is 10.0 Å². The monoisotopic (exact) mass is 270 g/mol. The van der Waals surface area contributed by atoms with Gasteiger partial charge in [-0.2, -0.15) is 0 Å². The molecule has 0 radical (unpaired) electrons. The number of carboxylic acid groups (broad SMARTS) is 1. The van der Waals surface area contributed by atoms with E-state index in [0.717, 1.165) is 4.47 Å². The molecule has 0 fully saturated rings. The van der Waals surface area contributed by atoms with Crippen LogP contribution in [0, 0.1) is 5.92 Å². The maximum absolute atomic E-state index is 11.7. The summed E-state index contributed by atoms with van der Waals surface area (Å²) in [7, 11) is 0. The molecule has 1 unspecified atom stereocenters. The normalized spacial score (nSPS) is 12.1. The molecule has 3 nitrogen and oxygen atoms in total. The van der Waals surface area contributed by atoms with Gasteiger partial charge in [0.2, 0.25) is 0 Å². The van der Waals surface area contributed by atoms with Crippen molar-refractivity contribution in [1.29, 1.82) is 0 Å². The van der Waals surface area contributed by atoms with E-state index < -0.39 is 11.9 Å². The Labute approximate surface area is 96.2 Å². The zero-order valence-electron chi connectivity index (χ0n) is 8.24. The molecule has 0 aliphatic rings. The van der Waals surface area contributed by atoms with Crippen LogP contribution in [-0.2, 0) is 4.79 Å². The number of ketones is 1. The van der Waals surface area contributed by atoms with Crippen molar-refractivity contribution in [2.45, 2.75) is 13.3 Å². The van der Waals surface area contributed by atoms with Crippen LogP contribution < -0.4 is 0 Å². The van der Waals surface area contributed by atoms with Crippen LogP contribution in [0.5, 0.6) is 0 Å². The summed E-state index contributed by atoms with van der Waals surface area (Å²) >= 11 is 3.25. The molecule has 1 aromatic carbocycles. The molecule has 0 spiro atoms. The molecular formula is C11H11BrO3. The maximum Gasteiger partial charge on any atom is 0.314 e. The van der Waals surface area contributed by atoms with Gasteiger partial charge >= 0.3 is 5.97 Å². The largest absolute Gasteiger partial charge is 0.481 e. The lowest BCUT2D eigenvalue weighted by Gasteiger charge is -2.08. The zero-order chi connectivity index (χ0) is 11.4. The van der Waals surface area contributed by atoms with E-state index in [9.17, 15) is 9.59 Å². The van der Waals surface area contributed by atoms with Crippen molar-refractivity contribution in [1.82, 2.24) is 0 Å². The van der Waals surface area contributed by atoms with Gasteiger partial charge in [-0.15, -0.1) is 0 Å². The van der Waals surface area contributed by atoms with Crippen molar-refractivity contribution in [3.05, 3.63) is 34.3 Å². The number of benzene rings is 1. The van der Waals surface area contributed by atoms with E-state index in [2.05, 4.69) is 15.9 Å². The molecule has 15 heavy (non-hydrogen) atoms. The Hall–Kier alpha value is -1.16. The molecule has 1 N–H and O–H groups in total. The van der Waals surface area contributed by atoms with E-state index >= 15 is 0 Å². The number of aliphatic carboxylic acids is 1. The Morgan fingerprint density at radius 2 is 1.87 bits per heavy atom. The Balaban J connectivity index is 2.93. The lowest BCUT2D eigenvalue weighted by molar-refractivity contribution is -0.140. The summed E-state index contributed by atoms with van der Waals surface area (Å²) in [6.45, 7) is 1.69. The molecule has 1 atom stereocenters. The van der Waals surface area contributed by atoms with Crippen molar-refractivity contribution in [3.8, 4) is 0 Å². The van der Waals surface area contributed by atoms with Crippen LogP contribution in [-0.4, -0.2) is 16.9 Å². The predicted molar refractivity (Wildman–Crippen MR) is 59.9 cm³/mol. The molecule has 0 aliphatic heterocycles.